The first-order valence-corrected chi connectivity index (χ1v) is 10.8. The van der Waals surface area contributed by atoms with Crippen LogP contribution in [0.25, 0.3) is 22.1 Å². The summed E-state index contributed by atoms with van der Waals surface area (Å²) in [5, 5.41) is 0.916. The SMILES string of the molecule is COc1ccc(-c2cc(=O)oc3c(C)c4c(cc23)CN(CCc2ccccc2)CO4)cc1. The number of aryl methyl sites for hydroxylation is 1. The molecule has 0 amide bonds. The van der Waals surface area contributed by atoms with Gasteiger partial charge in [-0.15, -0.1) is 0 Å². The van der Waals surface area contributed by atoms with Crippen LogP contribution in [0, 0.1) is 6.92 Å². The molecular weight excluding hydrogens is 402 g/mol. The molecule has 0 aliphatic carbocycles. The lowest BCUT2D eigenvalue weighted by atomic mass is 9.96. The summed E-state index contributed by atoms with van der Waals surface area (Å²) < 4.78 is 17.0. The van der Waals surface area contributed by atoms with E-state index in [9.17, 15) is 4.79 Å². The monoisotopic (exact) mass is 427 g/mol. The highest BCUT2D eigenvalue weighted by molar-refractivity contribution is 5.96. The fraction of sp³-hybridized carbons (Fsp3) is 0.222. The lowest BCUT2D eigenvalue weighted by molar-refractivity contribution is 0.0959. The summed E-state index contributed by atoms with van der Waals surface area (Å²) in [6.45, 7) is 4.19. The van der Waals surface area contributed by atoms with Gasteiger partial charge >= 0.3 is 5.63 Å². The molecule has 0 spiro atoms. The third kappa shape index (κ3) is 3.87. The Kier molecular flexibility index (Phi) is 5.41. The van der Waals surface area contributed by atoms with E-state index >= 15 is 0 Å². The molecule has 2 heterocycles. The van der Waals surface area contributed by atoms with E-state index in [1.807, 2.05) is 37.3 Å². The summed E-state index contributed by atoms with van der Waals surface area (Å²) in [6, 6.07) is 21.9. The van der Waals surface area contributed by atoms with Gasteiger partial charge in [0.1, 0.15) is 23.8 Å². The summed E-state index contributed by atoms with van der Waals surface area (Å²) >= 11 is 0. The van der Waals surface area contributed by atoms with Crippen LogP contribution in [0.5, 0.6) is 11.5 Å². The first kappa shape index (κ1) is 20.3. The molecule has 3 aromatic carbocycles. The van der Waals surface area contributed by atoms with E-state index in [0.717, 1.165) is 58.6 Å². The van der Waals surface area contributed by atoms with Gasteiger partial charge in [0.05, 0.1) is 7.11 Å². The lowest BCUT2D eigenvalue weighted by Gasteiger charge is -2.30. The van der Waals surface area contributed by atoms with Crippen molar-refractivity contribution in [2.24, 2.45) is 0 Å². The van der Waals surface area contributed by atoms with Crippen LogP contribution >= 0.6 is 0 Å². The smallest absolute Gasteiger partial charge is 0.336 e. The van der Waals surface area contributed by atoms with Crippen molar-refractivity contribution in [1.29, 1.82) is 0 Å². The predicted molar refractivity (Wildman–Crippen MR) is 125 cm³/mol. The van der Waals surface area contributed by atoms with Gasteiger partial charge in [-0.1, -0.05) is 42.5 Å². The van der Waals surface area contributed by atoms with Crippen molar-refractivity contribution in [2.45, 2.75) is 19.9 Å². The maximum absolute atomic E-state index is 12.4. The van der Waals surface area contributed by atoms with Crippen molar-refractivity contribution in [2.75, 3.05) is 20.4 Å². The van der Waals surface area contributed by atoms with Crippen molar-refractivity contribution in [3.63, 3.8) is 0 Å². The second-order valence-corrected chi connectivity index (χ2v) is 8.14. The fourth-order valence-electron chi connectivity index (χ4n) is 4.35. The zero-order valence-corrected chi connectivity index (χ0v) is 18.3. The molecule has 0 radical (unpaired) electrons. The molecule has 5 rings (SSSR count). The molecule has 1 aliphatic rings. The van der Waals surface area contributed by atoms with Gasteiger partial charge in [0.15, 0.2) is 0 Å². The highest BCUT2D eigenvalue weighted by atomic mass is 16.5. The van der Waals surface area contributed by atoms with Gasteiger partial charge in [0.25, 0.3) is 0 Å². The van der Waals surface area contributed by atoms with E-state index in [2.05, 4.69) is 35.2 Å². The Balaban J connectivity index is 1.51. The van der Waals surface area contributed by atoms with Gasteiger partial charge in [0.2, 0.25) is 0 Å². The number of fused-ring (bicyclic) bond motifs is 2. The molecule has 5 heteroatoms. The molecule has 5 nitrogen and oxygen atoms in total. The Morgan fingerprint density at radius 3 is 2.56 bits per heavy atom. The van der Waals surface area contributed by atoms with Crippen molar-refractivity contribution in [3.05, 3.63) is 93.8 Å². The van der Waals surface area contributed by atoms with Crippen LogP contribution in [0.15, 0.2) is 75.9 Å². The normalized spacial score (nSPS) is 13.6. The van der Waals surface area contributed by atoms with E-state index < -0.39 is 0 Å². The van der Waals surface area contributed by atoms with E-state index in [-0.39, 0.29) is 5.63 Å². The minimum Gasteiger partial charge on any atom is -0.497 e. The Labute approximate surface area is 186 Å². The third-order valence-electron chi connectivity index (χ3n) is 6.04. The molecule has 32 heavy (non-hydrogen) atoms. The Bertz CT molecular complexity index is 1310. The number of hydrogen-bond donors (Lipinski definition) is 0. The average molecular weight is 428 g/mol. The van der Waals surface area contributed by atoms with Crippen molar-refractivity contribution in [1.82, 2.24) is 4.90 Å². The molecule has 1 aromatic heterocycles. The van der Waals surface area contributed by atoms with E-state index in [1.54, 1.807) is 13.2 Å². The maximum Gasteiger partial charge on any atom is 0.336 e. The first-order chi connectivity index (χ1) is 15.6. The van der Waals surface area contributed by atoms with Crippen LogP contribution in [-0.4, -0.2) is 25.3 Å². The van der Waals surface area contributed by atoms with Crippen LogP contribution in [0.3, 0.4) is 0 Å². The van der Waals surface area contributed by atoms with Crippen LogP contribution in [0.1, 0.15) is 16.7 Å². The molecule has 0 bridgehead atoms. The van der Waals surface area contributed by atoms with Crippen LogP contribution < -0.4 is 15.1 Å². The molecule has 0 saturated heterocycles. The molecule has 0 unspecified atom stereocenters. The number of rotatable bonds is 5. The molecular formula is C27H25NO4. The standard InChI is InChI=1S/C27H25NO4/c1-18-26-21(16-28(17-31-26)13-12-19-6-4-3-5-7-19)14-24-23(15-25(29)32-27(18)24)20-8-10-22(30-2)11-9-20/h3-11,14-15H,12-13,16-17H2,1-2H3. The summed E-state index contributed by atoms with van der Waals surface area (Å²) in [5.74, 6) is 1.60. The van der Waals surface area contributed by atoms with E-state index in [0.29, 0.717) is 12.3 Å². The zero-order valence-electron chi connectivity index (χ0n) is 18.3. The molecule has 1 aliphatic heterocycles. The van der Waals surface area contributed by atoms with Crippen LogP contribution in [0.4, 0.5) is 0 Å². The van der Waals surface area contributed by atoms with Crippen LogP contribution in [0.2, 0.25) is 0 Å². The first-order valence-electron chi connectivity index (χ1n) is 10.8. The van der Waals surface area contributed by atoms with Gasteiger partial charge in [-0.3, -0.25) is 4.90 Å². The van der Waals surface area contributed by atoms with E-state index in [1.165, 1.54) is 5.56 Å². The number of benzene rings is 3. The quantitative estimate of drug-likeness (QED) is 0.411. The second-order valence-electron chi connectivity index (χ2n) is 8.14. The molecule has 0 N–H and O–H groups in total. The number of ether oxygens (including phenoxy) is 2. The van der Waals surface area contributed by atoms with Gasteiger partial charge in [-0.2, -0.15) is 0 Å². The fourth-order valence-corrected chi connectivity index (χ4v) is 4.35. The molecule has 0 saturated carbocycles. The minimum absolute atomic E-state index is 0.369. The molecule has 0 fully saturated rings. The number of methoxy groups -OCH3 is 1. The van der Waals surface area contributed by atoms with Gasteiger partial charge < -0.3 is 13.9 Å². The number of hydrogen-bond acceptors (Lipinski definition) is 5. The van der Waals surface area contributed by atoms with Crippen molar-refractivity contribution >= 4 is 11.0 Å². The van der Waals surface area contributed by atoms with Gasteiger partial charge in [-0.25, -0.2) is 4.79 Å². The summed E-state index contributed by atoms with van der Waals surface area (Å²) in [7, 11) is 1.64. The van der Waals surface area contributed by atoms with Crippen molar-refractivity contribution in [3.8, 4) is 22.6 Å². The van der Waals surface area contributed by atoms with Gasteiger partial charge in [0, 0.05) is 35.7 Å². The van der Waals surface area contributed by atoms with E-state index in [4.69, 9.17) is 13.9 Å². The van der Waals surface area contributed by atoms with Gasteiger partial charge in [-0.05, 0) is 48.2 Å². The molecule has 4 aromatic rings. The van der Waals surface area contributed by atoms with Crippen LogP contribution in [-0.2, 0) is 13.0 Å². The Morgan fingerprint density at radius 2 is 1.81 bits per heavy atom. The summed E-state index contributed by atoms with van der Waals surface area (Å²) in [5.41, 5.74) is 5.31. The lowest BCUT2D eigenvalue weighted by Crippen LogP contribution is -2.34. The highest BCUT2D eigenvalue weighted by Crippen LogP contribution is 2.38. The summed E-state index contributed by atoms with van der Waals surface area (Å²) in [6.07, 6.45) is 0.970. The Hall–Kier alpha value is -3.57. The molecule has 162 valence electrons. The maximum atomic E-state index is 12.4. The summed E-state index contributed by atoms with van der Waals surface area (Å²) in [4.78, 5) is 14.7. The zero-order chi connectivity index (χ0) is 22.1. The highest BCUT2D eigenvalue weighted by Gasteiger charge is 2.23. The van der Waals surface area contributed by atoms with Crippen molar-refractivity contribution < 1.29 is 13.9 Å². The largest absolute Gasteiger partial charge is 0.497 e. The minimum atomic E-state index is -0.369. The Morgan fingerprint density at radius 1 is 1.03 bits per heavy atom. The number of nitrogens with zero attached hydrogens (tertiary/aromatic N) is 1. The second kappa shape index (κ2) is 8.52. The molecule has 0 atom stereocenters. The topological polar surface area (TPSA) is 51.9 Å². The average Bonchev–Trinajstić information content (AvgIpc) is 2.83. The third-order valence-corrected chi connectivity index (χ3v) is 6.04. The predicted octanol–water partition coefficient (Wildman–Crippen LogP) is 5.17.